The van der Waals surface area contributed by atoms with Crippen molar-refractivity contribution in [3.8, 4) is 11.4 Å². The van der Waals surface area contributed by atoms with Crippen LogP contribution in [0.3, 0.4) is 0 Å². The van der Waals surface area contributed by atoms with Gasteiger partial charge in [0.2, 0.25) is 5.82 Å². The van der Waals surface area contributed by atoms with Gasteiger partial charge in [-0.3, -0.25) is 0 Å². The third-order valence-electron chi connectivity index (χ3n) is 6.20. The molecule has 35 heavy (non-hydrogen) atoms. The molecule has 2 heterocycles. The molecular formula is C28H26N4OS2. The molecule has 7 heteroatoms. The molecule has 4 aromatic rings. The van der Waals surface area contributed by atoms with Gasteiger partial charge in [-0.2, -0.15) is 4.98 Å². The summed E-state index contributed by atoms with van der Waals surface area (Å²) in [6.45, 7) is 4.82. The first-order valence-corrected chi connectivity index (χ1v) is 13.0. The van der Waals surface area contributed by atoms with Crippen LogP contribution < -0.4 is 5.32 Å². The molecule has 5 nitrogen and oxygen atoms in total. The molecule has 1 unspecified atom stereocenters. The van der Waals surface area contributed by atoms with E-state index in [2.05, 4.69) is 84.0 Å². The summed E-state index contributed by atoms with van der Waals surface area (Å²) in [5, 5.41) is 8.51. The van der Waals surface area contributed by atoms with E-state index in [1.165, 1.54) is 16.0 Å². The van der Waals surface area contributed by atoms with Crippen LogP contribution >= 0.6 is 24.0 Å². The van der Waals surface area contributed by atoms with Crippen molar-refractivity contribution in [3.63, 3.8) is 0 Å². The minimum Gasteiger partial charge on any atom is -0.351 e. The van der Waals surface area contributed by atoms with Gasteiger partial charge in [0.05, 0.1) is 11.6 Å². The van der Waals surface area contributed by atoms with Gasteiger partial charge in [0.1, 0.15) is 0 Å². The van der Waals surface area contributed by atoms with Crippen molar-refractivity contribution in [1.82, 2.24) is 20.4 Å². The van der Waals surface area contributed by atoms with Crippen molar-refractivity contribution in [1.29, 1.82) is 0 Å². The number of aromatic nitrogens is 2. The molecule has 0 saturated heterocycles. The molecule has 0 amide bonds. The molecule has 176 valence electrons. The largest absolute Gasteiger partial charge is 0.351 e. The van der Waals surface area contributed by atoms with Crippen LogP contribution in [0.4, 0.5) is 0 Å². The average molecular weight is 499 g/mol. The van der Waals surface area contributed by atoms with E-state index in [0.717, 1.165) is 22.4 Å². The number of rotatable bonds is 6. The molecule has 0 saturated carbocycles. The predicted molar refractivity (Wildman–Crippen MR) is 146 cm³/mol. The summed E-state index contributed by atoms with van der Waals surface area (Å²) in [6, 6.07) is 26.7. The number of allylic oxidation sites excluding steroid dienone is 1. The molecule has 5 rings (SSSR count). The highest BCUT2D eigenvalue weighted by Gasteiger charge is 2.34. The average Bonchev–Trinajstić information content (AvgIpc) is 3.37. The first kappa shape index (κ1) is 23.3. The molecule has 0 spiro atoms. The maximum atomic E-state index is 5.85. The summed E-state index contributed by atoms with van der Waals surface area (Å²) in [6.07, 6.45) is 2.06. The summed E-state index contributed by atoms with van der Waals surface area (Å²) in [5.74, 6) is 1.06. The van der Waals surface area contributed by atoms with E-state index >= 15 is 0 Å². The molecule has 1 aliphatic heterocycles. The van der Waals surface area contributed by atoms with Gasteiger partial charge in [0, 0.05) is 22.7 Å². The van der Waals surface area contributed by atoms with Gasteiger partial charge in [0.15, 0.2) is 5.11 Å². The van der Waals surface area contributed by atoms with E-state index in [4.69, 9.17) is 21.7 Å². The second-order valence-corrected chi connectivity index (χ2v) is 9.78. The Morgan fingerprint density at radius 1 is 0.971 bits per heavy atom. The monoisotopic (exact) mass is 498 g/mol. The van der Waals surface area contributed by atoms with E-state index in [1.54, 1.807) is 11.8 Å². The zero-order valence-corrected chi connectivity index (χ0v) is 21.5. The minimum absolute atomic E-state index is 0.190. The van der Waals surface area contributed by atoms with Gasteiger partial charge < -0.3 is 14.7 Å². The van der Waals surface area contributed by atoms with Crippen LogP contribution in [-0.4, -0.2) is 26.4 Å². The van der Waals surface area contributed by atoms with Gasteiger partial charge in [-0.1, -0.05) is 65.3 Å². The third-order valence-corrected chi connectivity index (χ3v) is 7.28. The number of thiocarbonyl (C=S) groups is 1. The highest BCUT2D eigenvalue weighted by molar-refractivity contribution is 7.98. The molecule has 1 aromatic heterocycles. The number of thioether (sulfide) groups is 1. The van der Waals surface area contributed by atoms with Crippen molar-refractivity contribution in [2.75, 3.05) is 6.26 Å². The normalized spacial score (nSPS) is 15.9. The second-order valence-electron chi connectivity index (χ2n) is 8.52. The molecule has 3 aromatic carbocycles. The Hall–Kier alpha value is -3.42. The fourth-order valence-electron chi connectivity index (χ4n) is 4.21. The molecule has 0 aliphatic carbocycles. The van der Waals surface area contributed by atoms with Gasteiger partial charge in [-0.15, -0.1) is 11.8 Å². The summed E-state index contributed by atoms with van der Waals surface area (Å²) in [4.78, 5) is 8.11. The maximum absolute atomic E-state index is 5.85. The Morgan fingerprint density at radius 2 is 1.69 bits per heavy atom. The van der Waals surface area contributed by atoms with Gasteiger partial charge in [-0.05, 0) is 67.7 Å². The molecular weight excluding hydrogens is 472 g/mol. The first-order chi connectivity index (χ1) is 17.0. The van der Waals surface area contributed by atoms with Crippen LogP contribution in [0.25, 0.3) is 17.0 Å². The number of nitrogens with zero attached hydrogens (tertiary/aromatic N) is 3. The lowest BCUT2D eigenvalue weighted by Gasteiger charge is -2.37. The maximum Gasteiger partial charge on any atom is 0.258 e. The van der Waals surface area contributed by atoms with E-state index in [9.17, 15) is 0 Å². The first-order valence-electron chi connectivity index (χ1n) is 11.4. The summed E-state index contributed by atoms with van der Waals surface area (Å²) in [5.41, 5.74) is 6.34. The van der Waals surface area contributed by atoms with E-state index in [-0.39, 0.29) is 6.04 Å². The zero-order chi connectivity index (χ0) is 24.4. The van der Waals surface area contributed by atoms with Crippen LogP contribution in [0, 0.1) is 6.92 Å². The zero-order valence-electron chi connectivity index (χ0n) is 19.9. The Labute approximate surface area is 215 Å². The lowest BCUT2D eigenvalue weighted by Crippen LogP contribution is -2.45. The SMILES string of the molecule is CSc1ccc(-c2noc(C3=C(C)N(Cc4ccc(C)cc4)C(=S)NC3c3ccccc3)n2)cc1. The Balaban J connectivity index is 1.56. The van der Waals surface area contributed by atoms with Crippen molar-refractivity contribution in [2.45, 2.75) is 31.3 Å². The molecule has 0 fully saturated rings. The van der Waals surface area contributed by atoms with E-state index < -0.39 is 0 Å². The number of hydrogen-bond donors (Lipinski definition) is 1. The Morgan fingerprint density at radius 3 is 2.37 bits per heavy atom. The number of aryl methyl sites for hydroxylation is 1. The van der Waals surface area contributed by atoms with Crippen LogP contribution in [0.15, 0.2) is 94.0 Å². The van der Waals surface area contributed by atoms with E-state index in [0.29, 0.717) is 23.4 Å². The fourth-order valence-corrected chi connectivity index (χ4v) is 4.94. The van der Waals surface area contributed by atoms with Crippen LogP contribution in [0.1, 0.15) is 35.5 Å². The number of hydrogen-bond acceptors (Lipinski definition) is 5. The lowest BCUT2D eigenvalue weighted by atomic mass is 9.94. The highest BCUT2D eigenvalue weighted by Crippen LogP contribution is 2.38. The van der Waals surface area contributed by atoms with Crippen LogP contribution in [0.5, 0.6) is 0 Å². The smallest absolute Gasteiger partial charge is 0.258 e. The Kier molecular flexibility index (Phi) is 6.70. The molecule has 0 bridgehead atoms. The number of benzene rings is 3. The van der Waals surface area contributed by atoms with Crippen molar-refractivity contribution >= 4 is 34.7 Å². The molecule has 1 atom stereocenters. The molecule has 1 aliphatic rings. The standard InChI is InChI=1S/C28H26N4OS2/c1-18-9-11-20(12-10-18)17-32-19(2)24(25(29-28(32)34)21-7-5-4-6-8-21)27-30-26(31-33-27)22-13-15-23(35-3)16-14-22/h4-16,25H,17H2,1-3H3,(H,29,34). The van der Waals surface area contributed by atoms with Crippen LogP contribution in [0.2, 0.25) is 0 Å². The summed E-state index contributed by atoms with van der Waals surface area (Å²) >= 11 is 7.53. The predicted octanol–water partition coefficient (Wildman–Crippen LogP) is 6.63. The van der Waals surface area contributed by atoms with Crippen LogP contribution in [-0.2, 0) is 6.54 Å². The van der Waals surface area contributed by atoms with Gasteiger partial charge in [-0.25, -0.2) is 0 Å². The fraction of sp³-hybridized carbons (Fsp3) is 0.179. The van der Waals surface area contributed by atoms with Crippen molar-refractivity contribution < 1.29 is 4.52 Å². The molecule has 1 N–H and O–H groups in total. The van der Waals surface area contributed by atoms with E-state index in [1.807, 2.05) is 30.3 Å². The quantitative estimate of drug-likeness (QED) is 0.236. The Bertz CT molecular complexity index is 1360. The lowest BCUT2D eigenvalue weighted by molar-refractivity contribution is 0.396. The summed E-state index contributed by atoms with van der Waals surface area (Å²) in [7, 11) is 0. The minimum atomic E-state index is -0.190. The third kappa shape index (κ3) is 4.88. The van der Waals surface area contributed by atoms with Gasteiger partial charge in [0.25, 0.3) is 5.89 Å². The van der Waals surface area contributed by atoms with Crippen molar-refractivity contribution in [2.24, 2.45) is 0 Å². The highest BCUT2D eigenvalue weighted by atomic mass is 32.2. The topological polar surface area (TPSA) is 54.2 Å². The summed E-state index contributed by atoms with van der Waals surface area (Å²) < 4.78 is 5.85. The van der Waals surface area contributed by atoms with Gasteiger partial charge >= 0.3 is 0 Å². The number of nitrogens with one attached hydrogen (secondary N) is 1. The molecule has 0 radical (unpaired) electrons. The van der Waals surface area contributed by atoms with Crippen molar-refractivity contribution in [3.05, 3.63) is 107 Å². The second kappa shape index (κ2) is 10.1.